The van der Waals surface area contributed by atoms with Gasteiger partial charge in [-0.25, -0.2) is 4.79 Å². The highest BCUT2D eigenvalue weighted by Gasteiger charge is 2.25. The maximum atomic E-state index is 11.5. The number of hydrogen-bond acceptors (Lipinski definition) is 6. The minimum Gasteiger partial charge on any atom is -0.444 e. The quantitative estimate of drug-likeness (QED) is 0.864. The van der Waals surface area contributed by atoms with Crippen LogP contribution in [0.4, 0.5) is 4.79 Å². The fourth-order valence-electron chi connectivity index (χ4n) is 1.97. The smallest absolute Gasteiger partial charge is 0.408 e. The lowest BCUT2D eigenvalue weighted by atomic mass is 9.97. The standard InChI is InChI=1S/C13H20N4O4/c1-13(2,3)20-12(19)15-7-10-16-11(17-21-10)8-4-5-14-9(18)6-8/h8H,4-7H2,1-3H3,(H,14,18)(H,15,19). The van der Waals surface area contributed by atoms with E-state index in [0.29, 0.717) is 24.7 Å². The Morgan fingerprint density at radius 2 is 2.29 bits per heavy atom. The van der Waals surface area contributed by atoms with E-state index in [1.165, 1.54) is 0 Å². The van der Waals surface area contributed by atoms with Crippen LogP contribution in [0, 0.1) is 0 Å². The van der Waals surface area contributed by atoms with Crippen LogP contribution < -0.4 is 10.6 Å². The van der Waals surface area contributed by atoms with Crippen molar-refractivity contribution in [3.8, 4) is 0 Å². The molecule has 8 heteroatoms. The van der Waals surface area contributed by atoms with Crippen LogP contribution in [0.15, 0.2) is 4.52 Å². The molecule has 8 nitrogen and oxygen atoms in total. The molecule has 2 N–H and O–H groups in total. The molecule has 1 atom stereocenters. The summed E-state index contributed by atoms with van der Waals surface area (Å²) >= 11 is 0. The Balaban J connectivity index is 1.86. The van der Waals surface area contributed by atoms with Crippen molar-refractivity contribution in [2.75, 3.05) is 6.54 Å². The number of carbonyl (C=O) groups excluding carboxylic acids is 2. The number of alkyl carbamates (subject to hydrolysis) is 1. The van der Waals surface area contributed by atoms with Gasteiger partial charge < -0.3 is 19.9 Å². The zero-order valence-electron chi connectivity index (χ0n) is 12.4. The van der Waals surface area contributed by atoms with Crippen LogP contribution in [0.5, 0.6) is 0 Å². The minimum absolute atomic E-state index is 0.00974. The van der Waals surface area contributed by atoms with Crippen LogP contribution in [0.2, 0.25) is 0 Å². The Morgan fingerprint density at radius 1 is 1.52 bits per heavy atom. The molecule has 1 aliphatic heterocycles. The molecule has 1 aromatic heterocycles. The van der Waals surface area contributed by atoms with Gasteiger partial charge in [-0.3, -0.25) is 4.79 Å². The van der Waals surface area contributed by atoms with Crippen LogP contribution in [-0.4, -0.2) is 34.3 Å². The highest BCUT2D eigenvalue weighted by molar-refractivity contribution is 5.77. The van der Waals surface area contributed by atoms with Gasteiger partial charge in [0, 0.05) is 18.9 Å². The van der Waals surface area contributed by atoms with E-state index in [2.05, 4.69) is 20.8 Å². The second-order valence-corrected chi connectivity index (χ2v) is 5.94. The van der Waals surface area contributed by atoms with Crippen molar-refractivity contribution in [2.45, 2.75) is 51.7 Å². The van der Waals surface area contributed by atoms with E-state index in [1.807, 2.05) is 0 Å². The van der Waals surface area contributed by atoms with Gasteiger partial charge in [0.15, 0.2) is 5.82 Å². The van der Waals surface area contributed by atoms with Crippen molar-refractivity contribution in [2.24, 2.45) is 0 Å². The fourth-order valence-corrected chi connectivity index (χ4v) is 1.97. The SMILES string of the molecule is CC(C)(C)OC(=O)NCc1nc(C2CCNC(=O)C2)no1. The molecule has 2 heterocycles. The summed E-state index contributed by atoms with van der Waals surface area (Å²) in [5.74, 6) is 0.759. The van der Waals surface area contributed by atoms with Gasteiger partial charge in [-0.05, 0) is 27.2 Å². The van der Waals surface area contributed by atoms with E-state index >= 15 is 0 Å². The molecule has 1 saturated heterocycles. The van der Waals surface area contributed by atoms with Crippen molar-refractivity contribution >= 4 is 12.0 Å². The number of piperidine rings is 1. The zero-order valence-corrected chi connectivity index (χ0v) is 12.4. The molecule has 1 unspecified atom stereocenters. The van der Waals surface area contributed by atoms with Gasteiger partial charge in [-0.2, -0.15) is 4.98 Å². The lowest BCUT2D eigenvalue weighted by molar-refractivity contribution is -0.122. The van der Waals surface area contributed by atoms with Crippen LogP contribution in [0.3, 0.4) is 0 Å². The van der Waals surface area contributed by atoms with Gasteiger partial charge in [-0.1, -0.05) is 5.16 Å². The van der Waals surface area contributed by atoms with Crippen molar-refractivity contribution in [1.29, 1.82) is 0 Å². The minimum atomic E-state index is -0.556. The third kappa shape index (κ3) is 4.73. The predicted octanol–water partition coefficient (Wildman–Crippen LogP) is 1.09. The third-order valence-corrected chi connectivity index (χ3v) is 2.88. The molecular weight excluding hydrogens is 276 g/mol. The predicted molar refractivity (Wildman–Crippen MR) is 72.4 cm³/mol. The lowest BCUT2D eigenvalue weighted by Crippen LogP contribution is -2.33. The number of nitrogens with zero attached hydrogens (tertiary/aromatic N) is 2. The van der Waals surface area contributed by atoms with E-state index in [4.69, 9.17) is 9.26 Å². The van der Waals surface area contributed by atoms with Crippen LogP contribution in [0.1, 0.15) is 51.2 Å². The van der Waals surface area contributed by atoms with Crippen LogP contribution in [0.25, 0.3) is 0 Å². The van der Waals surface area contributed by atoms with Gasteiger partial charge in [0.05, 0.1) is 0 Å². The summed E-state index contributed by atoms with van der Waals surface area (Å²) in [5, 5.41) is 9.16. The van der Waals surface area contributed by atoms with Gasteiger partial charge in [0.1, 0.15) is 12.1 Å². The van der Waals surface area contributed by atoms with Crippen molar-refractivity contribution < 1.29 is 18.8 Å². The molecule has 0 aliphatic carbocycles. The number of amides is 2. The van der Waals surface area contributed by atoms with Gasteiger partial charge >= 0.3 is 6.09 Å². The summed E-state index contributed by atoms with van der Waals surface area (Å²) in [4.78, 5) is 27.0. The van der Waals surface area contributed by atoms with Crippen LogP contribution in [-0.2, 0) is 16.1 Å². The van der Waals surface area contributed by atoms with Crippen molar-refractivity contribution in [3.63, 3.8) is 0 Å². The molecule has 21 heavy (non-hydrogen) atoms. The molecule has 1 fully saturated rings. The summed E-state index contributed by atoms with van der Waals surface area (Å²) < 4.78 is 10.2. The van der Waals surface area contributed by atoms with Crippen LogP contribution >= 0.6 is 0 Å². The zero-order chi connectivity index (χ0) is 15.5. The molecule has 0 spiro atoms. The lowest BCUT2D eigenvalue weighted by Gasteiger charge is -2.19. The first-order valence-electron chi connectivity index (χ1n) is 6.89. The number of ether oxygens (including phenoxy) is 1. The molecule has 1 aliphatic rings. The fraction of sp³-hybridized carbons (Fsp3) is 0.692. The van der Waals surface area contributed by atoms with Gasteiger partial charge in [0.2, 0.25) is 11.8 Å². The molecule has 0 aromatic carbocycles. The maximum Gasteiger partial charge on any atom is 0.408 e. The summed E-state index contributed by atoms with van der Waals surface area (Å²) in [5.41, 5.74) is -0.556. The molecular formula is C13H20N4O4. The molecule has 2 amide bonds. The number of rotatable bonds is 3. The topological polar surface area (TPSA) is 106 Å². The molecule has 1 aromatic rings. The average molecular weight is 296 g/mol. The first-order valence-corrected chi connectivity index (χ1v) is 6.89. The second kappa shape index (κ2) is 6.11. The van der Waals surface area contributed by atoms with E-state index in [1.54, 1.807) is 20.8 Å². The van der Waals surface area contributed by atoms with Crippen molar-refractivity contribution in [3.05, 3.63) is 11.7 Å². The molecule has 0 saturated carbocycles. The van der Waals surface area contributed by atoms with E-state index in [9.17, 15) is 9.59 Å². The molecule has 0 bridgehead atoms. The molecule has 2 rings (SSSR count). The second-order valence-electron chi connectivity index (χ2n) is 5.94. The van der Waals surface area contributed by atoms with Gasteiger partial charge in [0.25, 0.3) is 0 Å². The average Bonchev–Trinajstić information content (AvgIpc) is 2.83. The Kier molecular flexibility index (Phi) is 4.44. The third-order valence-electron chi connectivity index (χ3n) is 2.88. The summed E-state index contributed by atoms with van der Waals surface area (Å²) in [6, 6.07) is 0. The monoisotopic (exact) mass is 296 g/mol. The van der Waals surface area contributed by atoms with Crippen molar-refractivity contribution in [1.82, 2.24) is 20.8 Å². The first kappa shape index (κ1) is 15.3. The molecule has 116 valence electrons. The Hall–Kier alpha value is -2.12. The Morgan fingerprint density at radius 3 is 2.95 bits per heavy atom. The largest absolute Gasteiger partial charge is 0.444 e. The Bertz CT molecular complexity index is 520. The number of nitrogens with one attached hydrogen (secondary N) is 2. The highest BCUT2D eigenvalue weighted by Crippen LogP contribution is 2.22. The summed E-state index contributed by atoms with van der Waals surface area (Å²) in [7, 11) is 0. The number of hydrogen-bond donors (Lipinski definition) is 2. The summed E-state index contributed by atoms with van der Waals surface area (Å²) in [6.45, 7) is 6.06. The van der Waals surface area contributed by atoms with E-state index in [-0.39, 0.29) is 18.4 Å². The molecule has 0 radical (unpaired) electrons. The first-order chi connectivity index (χ1) is 9.83. The maximum absolute atomic E-state index is 11.5. The number of aromatic nitrogens is 2. The van der Waals surface area contributed by atoms with E-state index in [0.717, 1.165) is 6.42 Å². The highest BCUT2D eigenvalue weighted by atomic mass is 16.6. The summed E-state index contributed by atoms with van der Waals surface area (Å²) in [6.07, 6.45) is 0.599. The Labute approximate surface area is 122 Å². The van der Waals surface area contributed by atoms with E-state index < -0.39 is 11.7 Å². The van der Waals surface area contributed by atoms with Gasteiger partial charge in [-0.15, -0.1) is 0 Å². The normalized spacial score (nSPS) is 19.0. The number of carbonyl (C=O) groups is 2.